The Bertz CT molecular complexity index is 629. The molecule has 0 spiro atoms. The van der Waals surface area contributed by atoms with Gasteiger partial charge < -0.3 is 10.1 Å². The third kappa shape index (κ3) is 4.92. The van der Waals surface area contributed by atoms with Crippen LogP contribution in [0.3, 0.4) is 0 Å². The van der Waals surface area contributed by atoms with Gasteiger partial charge >= 0.3 is 0 Å². The summed E-state index contributed by atoms with van der Waals surface area (Å²) in [6.45, 7) is 1.98. The summed E-state index contributed by atoms with van der Waals surface area (Å²) >= 11 is 13.0. The van der Waals surface area contributed by atoms with Crippen LogP contribution in [0, 0.1) is 6.92 Å². The van der Waals surface area contributed by atoms with E-state index in [-0.39, 0.29) is 0 Å². The Hall–Kier alpha value is -1.23. The van der Waals surface area contributed by atoms with Crippen LogP contribution in [0.15, 0.2) is 42.5 Å². The van der Waals surface area contributed by atoms with E-state index in [4.69, 9.17) is 28.6 Å². The molecule has 1 N–H and O–H groups in total. The number of methoxy groups -OCH3 is 1. The zero-order chi connectivity index (χ0) is 15.2. The smallest absolute Gasteiger partial charge is 0.138 e. The lowest BCUT2D eigenvalue weighted by atomic mass is 10.2. The van der Waals surface area contributed by atoms with Crippen LogP contribution in [0.5, 0.6) is 5.75 Å². The average molecular weight is 338 g/mol. The topological polar surface area (TPSA) is 21.3 Å². The molecule has 110 valence electrons. The summed E-state index contributed by atoms with van der Waals surface area (Å²) in [5, 5.41) is 3.93. The van der Waals surface area contributed by atoms with Crippen LogP contribution in [0.1, 0.15) is 11.1 Å². The molecule has 2 aromatic rings. The molecule has 0 amide bonds. The van der Waals surface area contributed by atoms with E-state index >= 15 is 0 Å². The molecule has 0 atom stereocenters. The number of aryl methyl sites for hydroxylation is 1. The van der Waals surface area contributed by atoms with Crippen LogP contribution in [0.4, 0.5) is 5.69 Å². The summed E-state index contributed by atoms with van der Waals surface area (Å²) in [5.74, 6) is 1.67. The standard InChI is InChI=1S/C16H16ClNOS2/c1-11-3-6-13(9-15(11)17)18-16(20)21-10-12-4-7-14(19-2)8-5-12/h3-9H,10H2,1-2H3,(H,18,20). The van der Waals surface area contributed by atoms with Crippen LogP contribution >= 0.6 is 35.6 Å². The molecule has 0 aliphatic carbocycles. The molecule has 0 aromatic heterocycles. The molecule has 0 heterocycles. The zero-order valence-corrected chi connectivity index (χ0v) is 14.2. The first-order valence-electron chi connectivity index (χ1n) is 6.41. The maximum atomic E-state index is 6.10. The number of anilines is 1. The third-order valence-corrected chi connectivity index (χ3v) is 4.65. The van der Waals surface area contributed by atoms with Crippen molar-refractivity contribution >= 4 is 45.6 Å². The second-order valence-corrected chi connectivity index (χ2v) is 6.57. The number of benzene rings is 2. The van der Waals surface area contributed by atoms with Crippen LogP contribution in [-0.4, -0.2) is 11.4 Å². The van der Waals surface area contributed by atoms with Gasteiger partial charge in [0.05, 0.1) is 7.11 Å². The van der Waals surface area contributed by atoms with Crippen LogP contribution in [-0.2, 0) is 5.75 Å². The van der Waals surface area contributed by atoms with Gasteiger partial charge in [-0.1, -0.05) is 53.8 Å². The fourth-order valence-electron chi connectivity index (χ4n) is 1.70. The van der Waals surface area contributed by atoms with Crippen LogP contribution < -0.4 is 10.1 Å². The van der Waals surface area contributed by atoms with Gasteiger partial charge in [-0.05, 0) is 42.3 Å². The highest BCUT2D eigenvalue weighted by atomic mass is 35.5. The summed E-state index contributed by atoms with van der Waals surface area (Å²) in [5.41, 5.74) is 3.17. The van der Waals surface area contributed by atoms with Gasteiger partial charge in [-0.2, -0.15) is 0 Å². The Morgan fingerprint density at radius 1 is 1.24 bits per heavy atom. The van der Waals surface area contributed by atoms with Gasteiger partial charge in [0.25, 0.3) is 0 Å². The maximum absolute atomic E-state index is 6.10. The molecule has 21 heavy (non-hydrogen) atoms. The average Bonchev–Trinajstić information content (AvgIpc) is 2.49. The maximum Gasteiger partial charge on any atom is 0.138 e. The van der Waals surface area contributed by atoms with Crippen molar-refractivity contribution in [2.45, 2.75) is 12.7 Å². The lowest BCUT2D eigenvalue weighted by Gasteiger charge is -2.09. The van der Waals surface area contributed by atoms with Crippen molar-refractivity contribution in [1.82, 2.24) is 0 Å². The summed E-state index contributed by atoms with van der Waals surface area (Å²) in [6.07, 6.45) is 0. The first kappa shape index (κ1) is 16.1. The molecule has 0 saturated carbocycles. The lowest BCUT2D eigenvalue weighted by Crippen LogP contribution is -2.04. The van der Waals surface area contributed by atoms with Crippen molar-refractivity contribution in [3.05, 3.63) is 58.6 Å². The summed E-state index contributed by atoms with van der Waals surface area (Å²) in [6, 6.07) is 13.8. The monoisotopic (exact) mass is 337 g/mol. The fourth-order valence-corrected chi connectivity index (χ4v) is 2.85. The van der Waals surface area contributed by atoms with E-state index in [1.54, 1.807) is 18.9 Å². The van der Waals surface area contributed by atoms with Crippen molar-refractivity contribution in [3.8, 4) is 5.75 Å². The van der Waals surface area contributed by atoms with E-state index in [2.05, 4.69) is 5.32 Å². The second kappa shape index (κ2) is 7.69. The second-order valence-electron chi connectivity index (χ2n) is 4.51. The number of hydrogen-bond acceptors (Lipinski definition) is 3. The minimum absolute atomic E-state index is 0.728. The first-order valence-corrected chi connectivity index (χ1v) is 8.18. The highest BCUT2D eigenvalue weighted by Gasteiger charge is 2.03. The van der Waals surface area contributed by atoms with E-state index in [1.165, 1.54) is 5.56 Å². The normalized spacial score (nSPS) is 10.2. The number of ether oxygens (including phenoxy) is 1. The largest absolute Gasteiger partial charge is 0.497 e. The number of hydrogen-bond donors (Lipinski definition) is 1. The predicted octanol–water partition coefficient (Wildman–Crippen LogP) is 5.29. The van der Waals surface area contributed by atoms with Crippen LogP contribution in [0.2, 0.25) is 5.02 Å². The number of thiocarbonyl (C=S) groups is 1. The number of halogens is 1. The molecular formula is C16H16ClNOS2. The van der Waals surface area contributed by atoms with Gasteiger partial charge in [-0.25, -0.2) is 0 Å². The quantitative estimate of drug-likeness (QED) is 0.765. The van der Waals surface area contributed by atoms with Gasteiger partial charge in [0, 0.05) is 16.5 Å². The van der Waals surface area contributed by atoms with Gasteiger partial charge in [0.15, 0.2) is 0 Å². The molecule has 2 aromatic carbocycles. The molecule has 0 unspecified atom stereocenters. The van der Waals surface area contributed by atoms with E-state index in [0.717, 1.165) is 32.1 Å². The Morgan fingerprint density at radius 2 is 1.95 bits per heavy atom. The number of rotatable bonds is 4. The molecule has 0 fully saturated rings. The molecule has 2 rings (SSSR count). The fraction of sp³-hybridized carbons (Fsp3) is 0.188. The third-order valence-electron chi connectivity index (χ3n) is 2.95. The van der Waals surface area contributed by atoms with E-state index in [0.29, 0.717) is 0 Å². The summed E-state index contributed by atoms with van der Waals surface area (Å²) in [4.78, 5) is 0. The van der Waals surface area contributed by atoms with Crippen molar-refractivity contribution in [2.24, 2.45) is 0 Å². The molecule has 2 nitrogen and oxygen atoms in total. The number of nitrogens with one attached hydrogen (secondary N) is 1. The summed E-state index contributed by atoms with van der Waals surface area (Å²) in [7, 11) is 1.66. The lowest BCUT2D eigenvalue weighted by molar-refractivity contribution is 0.414. The Kier molecular flexibility index (Phi) is 5.91. The zero-order valence-electron chi connectivity index (χ0n) is 11.9. The van der Waals surface area contributed by atoms with Crippen molar-refractivity contribution in [3.63, 3.8) is 0 Å². The number of thioether (sulfide) groups is 1. The minimum atomic E-state index is 0.728. The highest BCUT2D eigenvalue weighted by Crippen LogP contribution is 2.22. The summed E-state index contributed by atoms with van der Waals surface area (Å²) < 4.78 is 5.86. The predicted molar refractivity (Wildman–Crippen MR) is 96.7 cm³/mol. The Morgan fingerprint density at radius 3 is 2.57 bits per heavy atom. The van der Waals surface area contributed by atoms with E-state index < -0.39 is 0 Å². The first-order chi connectivity index (χ1) is 10.1. The van der Waals surface area contributed by atoms with Crippen molar-refractivity contribution < 1.29 is 4.74 Å². The van der Waals surface area contributed by atoms with Crippen LogP contribution in [0.25, 0.3) is 0 Å². The van der Waals surface area contributed by atoms with E-state index in [9.17, 15) is 0 Å². The van der Waals surface area contributed by atoms with Gasteiger partial charge in [-0.15, -0.1) is 0 Å². The molecular weight excluding hydrogens is 322 g/mol. The van der Waals surface area contributed by atoms with Gasteiger partial charge in [-0.3, -0.25) is 0 Å². The van der Waals surface area contributed by atoms with Gasteiger partial charge in [0.1, 0.15) is 10.1 Å². The Balaban J connectivity index is 1.87. The van der Waals surface area contributed by atoms with Gasteiger partial charge in [0.2, 0.25) is 0 Å². The van der Waals surface area contributed by atoms with Crippen molar-refractivity contribution in [1.29, 1.82) is 0 Å². The molecule has 0 radical (unpaired) electrons. The molecule has 0 saturated heterocycles. The molecule has 5 heteroatoms. The minimum Gasteiger partial charge on any atom is -0.497 e. The van der Waals surface area contributed by atoms with E-state index in [1.807, 2.05) is 49.4 Å². The van der Waals surface area contributed by atoms with Crippen molar-refractivity contribution in [2.75, 3.05) is 12.4 Å². The molecule has 0 aliphatic heterocycles. The highest BCUT2D eigenvalue weighted by molar-refractivity contribution is 8.22. The SMILES string of the molecule is COc1ccc(CSC(=S)Nc2ccc(C)c(Cl)c2)cc1. The molecule has 0 aliphatic rings. The Labute approximate surface area is 139 Å². The molecule has 0 bridgehead atoms.